The van der Waals surface area contributed by atoms with Crippen molar-refractivity contribution in [2.24, 2.45) is 28.8 Å². The number of benzene rings is 2. The van der Waals surface area contributed by atoms with Crippen LogP contribution in [0.25, 0.3) is 0 Å². The largest absolute Gasteiger partial charge is 0.476 e. The number of allylic oxidation sites excluding steroid dienone is 2. The number of nitro benzene ring substituents is 1. The van der Waals surface area contributed by atoms with Gasteiger partial charge in [-0.1, -0.05) is 29.8 Å². The highest BCUT2D eigenvalue weighted by Gasteiger charge is 2.59. The number of carbonyl (C=O) groups is 3. The number of anilines is 1. The molecule has 10 nitrogen and oxygen atoms in total. The quantitative estimate of drug-likeness (QED) is 0.182. The fourth-order valence-electron chi connectivity index (χ4n) is 5.05. The molecule has 1 aliphatic heterocycles. The summed E-state index contributed by atoms with van der Waals surface area (Å²) in [7, 11) is 0. The summed E-state index contributed by atoms with van der Waals surface area (Å²) >= 11 is 3.25. The van der Waals surface area contributed by atoms with Crippen molar-refractivity contribution in [1.29, 1.82) is 0 Å². The smallest absolute Gasteiger partial charge is 0.312 e. The van der Waals surface area contributed by atoms with Crippen LogP contribution >= 0.6 is 15.9 Å². The van der Waals surface area contributed by atoms with Gasteiger partial charge in [0.05, 0.1) is 27.4 Å². The molecular weight excluding hydrogens is 532 g/mol. The highest BCUT2D eigenvalue weighted by atomic mass is 79.9. The van der Waals surface area contributed by atoms with Crippen LogP contribution in [0.2, 0.25) is 0 Å². The number of ether oxygens (including phenoxy) is 1. The van der Waals surface area contributed by atoms with Crippen molar-refractivity contribution >= 4 is 51.2 Å². The number of hydrogen-bond acceptors (Lipinski definition) is 7. The number of amides is 3. The first-order valence-electron chi connectivity index (χ1n) is 11.3. The summed E-state index contributed by atoms with van der Waals surface area (Å²) in [6, 6.07) is 9.87. The Labute approximate surface area is 214 Å². The number of nitro groups is 1. The maximum Gasteiger partial charge on any atom is 0.312 e. The average Bonchev–Trinajstić information content (AvgIpc) is 3.52. The van der Waals surface area contributed by atoms with Crippen LogP contribution in [-0.4, -0.2) is 40.5 Å². The van der Waals surface area contributed by atoms with E-state index in [2.05, 4.69) is 26.3 Å². The molecule has 4 atom stereocenters. The van der Waals surface area contributed by atoms with E-state index < -0.39 is 23.1 Å². The molecule has 1 saturated carbocycles. The van der Waals surface area contributed by atoms with Gasteiger partial charge in [0.1, 0.15) is 0 Å². The van der Waals surface area contributed by atoms with Gasteiger partial charge in [-0.05, 0) is 59.3 Å². The van der Waals surface area contributed by atoms with Crippen molar-refractivity contribution < 1.29 is 24.0 Å². The van der Waals surface area contributed by atoms with Crippen LogP contribution < -0.4 is 10.1 Å². The number of fused-ring (bicyclic) bond motifs is 5. The molecule has 1 heterocycles. The second-order valence-corrected chi connectivity index (χ2v) is 9.90. The molecule has 2 aromatic carbocycles. The van der Waals surface area contributed by atoms with Crippen molar-refractivity contribution in [2.75, 3.05) is 11.9 Å². The molecule has 5 rings (SSSR count). The summed E-state index contributed by atoms with van der Waals surface area (Å²) in [6.45, 7) is 1.48. The third kappa shape index (κ3) is 4.30. The molecular formula is C25H21BrN4O6. The Balaban J connectivity index is 1.29. The number of rotatable bonds is 7. The van der Waals surface area contributed by atoms with Crippen molar-refractivity contribution in [2.45, 2.75) is 13.3 Å². The zero-order chi connectivity index (χ0) is 25.6. The third-order valence-corrected chi connectivity index (χ3v) is 7.28. The molecule has 2 aromatic rings. The highest BCUT2D eigenvalue weighted by molar-refractivity contribution is 9.10. The number of carbonyl (C=O) groups excluding carboxylic acids is 3. The Morgan fingerprint density at radius 3 is 2.44 bits per heavy atom. The van der Waals surface area contributed by atoms with Gasteiger partial charge in [0.15, 0.2) is 6.61 Å². The first-order valence-corrected chi connectivity index (χ1v) is 12.1. The number of imide groups is 1. The lowest BCUT2D eigenvalue weighted by Gasteiger charge is -2.13. The molecule has 0 radical (unpaired) electrons. The summed E-state index contributed by atoms with van der Waals surface area (Å²) in [5.74, 6) is -1.93. The van der Waals surface area contributed by atoms with E-state index >= 15 is 0 Å². The molecule has 36 heavy (non-hydrogen) atoms. The predicted molar refractivity (Wildman–Crippen MR) is 133 cm³/mol. The molecule has 1 N–H and O–H groups in total. The zero-order valence-electron chi connectivity index (χ0n) is 19.1. The lowest BCUT2D eigenvalue weighted by Crippen LogP contribution is -2.28. The SMILES string of the molecule is Cc1ccc(NC(=O)COc2c(Br)cc(C=NN3C(=O)[C@@H]4[C@H](C3=O)[C@H]3C=C[C@H]4C3)cc2[N+](=O)[O-])cc1. The number of hydrogen-bond donors (Lipinski definition) is 1. The molecule has 3 aliphatic rings. The van der Waals surface area contributed by atoms with Gasteiger partial charge >= 0.3 is 5.69 Å². The van der Waals surface area contributed by atoms with E-state index in [-0.39, 0.29) is 51.3 Å². The summed E-state index contributed by atoms with van der Waals surface area (Å²) < 4.78 is 5.69. The molecule has 184 valence electrons. The van der Waals surface area contributed by atoms with E-state index in [0.717, 1.165) is 17.0 Å². The van der Waals surface area contributed by atoms with Gasteiger partial charge in [0, 0.05) is 17.3 Å². The van der Waals surface area contributed by atoms with Gasteiger partial charge < -0.3 is 10.1 Å². The van der Waals surface area contributed by atoms with Crippen LogP contribution in [0.4, 0.5) is 11.4 Å². The van der Waals surface area contributed by atoms with Gasteiger partial charge in [-0.3, -0.25) is 24.5 Å². The first-order chi connectivity index (χ1) is 17.2. The number of halogens is 1. The zero-order valence-corrected chi connectivity index (χ0v) is 20.7. The maximum absolute atomic E-state index is 12.8. The number of aryl methyl sites for hydroxylation is 1. The second-order valence-electron chi connectivity index (χ2n) is 9.04. The van der Waals surface area contributed by atoms with Gasteiger partial charge in [-0.15, -0.1) is 0 Å². The number of nitrogens with one attached hydrogen (secondary N) is 1. The van der Waals surface area contributed by atoms with E-state index in [9.17, 15) is 24.5 Å². The van der Waals surface area contributed by atoms with E-state index in [1.54, 1.807) is 12.1 Å². The van der Waals surface area contributed by atoms with Crippen LogP contribution in [0.1, 0.15) is 17.5 Å². The minimum Gasteiger partial charge on any atom is -0.476 e. The van der Waals surface area contributed by atoms with Crippen LogP contribution in [-0.2, 0) is 14.4 Å². The van der Waals surface area contributed by atoms with E-state index in [1.807, 2.05) is 31.2 Å². The topological polar surface area (TPSA) is 131 Å². The molecule has 1 saturated heterocycles. The molecule has 0 unspecified atom stereocenters. The molecule has 2 aliphatic carbocycles. The Bertz CT molecular complexity index is 1310. The molecule has 11 heteroatoms. The van der Waals surface area contributed by atoms with Crippen LogP contribution in [0.15, 0.2) is 58.1 Å². The standard InChI is InChI=1S/C25H21BrN4O6/c1-13-2-6-17(7-3-13)28-20(31)12-36-23-18(26)8-14(9-19(23)30(34)35)11-27-29-24(32)21-15-4-5-16(10-15)22(21)25(29)33/h2-9,11,15-16,21-22H,10,12H2,1H3,(H,28,31)/t15-,16-,21-,22+/m0/s1. The van der Waals surface area contributed by atoms with Gasteiger partial charge in [-0.25, -0.2) is 0 Å². The van der Waals surface area contributed by atoms with Gasteiger partial charge in [-0.2, -0.15) is 10.1 Å². The monoisotopic (exact) mass is 552 g/mol. The molecule has 0 aromatic heterocycles. The summed E-state index contributed by atoms with van der Waals surface area (Å²) in [4.78, 5) is 48.9. The minimum atomic E-state index is -0.644. The lowest BCUT2D eigenvalue weighted by atomic mass is 9.85. The fraction of sp³-hybridized carbons (Fsp3) is 0.280. The summed E-state index contributed by atoms with van der Waals surface area (Å²) in [5.41, 5.74) is 1.50. The lowest BCUT2D eigenvalue weighted by molar-refractivity contribution is -0.385. The maximum atomic E-state index is 12.8. The first kappa shape index (κ1) is 23.9. The van der Waals surface area contributed by atoms with Crippen molar-refractivity contribution in [3.05, 3.63) is 74.3 Å². The van der Waals surface area contributed by atoms with Gasteiger partial charge in [0.25, 0.3) is 17.7 Å². The minimum absolute atomic E-state index is 0.0616. The van der Waals surface area contributed by atoms with Gasteiger partial charge in [0.2, 0.25) is 5.75 Å². The third-order valence-electron chi connectivity index (χ3n) is 6.70. The Kier molecular flexibility index (Phi) is 6.17. The van der Waals surface area contributed by atoms with E-state index in [4.69, 9.17) is 4.74 Å². The normalized spacial score (nSPS) is 24.0. The second kappa shape index (κ2) is 9.30. The van der Waals surface area contributed by atoms with E-state index in [1.165, 1.54) is 18.3 Å². The molecule has 3 amide bonds. The molecule has 2 bridgehead atoms. The van der Waals surface area contributed by atoms with E-state index in [0.29, 0.717) is 5.69 Å². The fourth-order valence-corrected chi connectivity index (χ4v) is 5.63. The van der Waals surface area contributed by atoms with Crippen LogP contribution in [0, 0.1) is 40.7 Å². The Morgan fingerprint density at radius 1 is 1.19 bits per heavy atom. The van der Waals surface area contributed by atoms with Crippen molar-refractivity contribution in [3.8, 4) is 5.75 Å². The summed E-state index contributed by atoms with van der Waals surface area (Å²) in [6.07, 6.45) is 6.03. The van der Waals surface area contributed by atoms with Crippen molar-refractivity contribution in [3.63, 3.8) is 0 Å². The Morgan fingerprint density at radius 2 is 1.83 bits per heavy atom. The average molecular weight is 553 g/mol. The predicted octanol–water partition coefficient (Wildman–Crippen LogP) is 3.82. The van der Waals surface area contributed by atoms with Crippen molar-refractivity contribution in [1.82, 2.24) is 5.01 Å². The Hall–Kier alpha value is -3.86. The number of hydrazone groups is 1. The molecule has 2 fully saturated rings. The van der Waals surface area contributed by atoms with Crippen LogP contribution in [0.3, 0.4) is 0 Å². The molecule has 0 spiro atoms. The highest BCUT2D eigenvalue weighted by Crippen LogP contribution is 2.52. The number of nitrogens with zero attached hydrogens (tertiary/aromatic N) is 3. The summed E-state index contributed by atoms with van der Waals surface area (Å²) in [5, 5.41) is 19.3. The van der Waals surface area contributed by atoms with Crippen LogP contribution in [0.5, 0.6) is 5.75 Å².